The van der Waals surface area contributed by atoms with Crippen molar-refractivity contribution >= 4 is 35.0 Å². The van der Waals surface area contributed by atoms with E-state index in [1.54, 1.807) is 28.3 Å². The van der Waals surface area contributed by atoms with Gasteiger partial charge < -0.3 is 5.11 Å². The Balaban J connectivity index is 2.22. The Morgan fingerprint density at radius 1 is 1.67 bits per heavy atom. The maximum atomic E-state index is 10.5. The molecule has 0 aromatic carbocycles. The summed E-state index contributed by atoms with van der Waals surface area (Å²) in [5.41, 5.74) is 1.80. The molecule has 0 atom stereocenters. The van der Waals surface area contributed by atoms with Gasteiger partial charge in [0.2, 0.25) is 0 Å². The first-order chi connectivity index (χ1) is 8.58. The van der Waals surface area contributed by atoms with Crippen LogP contribution in [-0.4, -0.2) is 20.9 Å². The first kappa shape index (κ1) is 12.9. The zero-order valence-electron chi connectivity index (χ0n) is 9.63. The average Bonchev–Trinajstić information content (AvgIpc) is 2.88. The van der Waals surface area contributed by atoms with Crippen LogP contribution in [0.2, 0.25) is 5.02 Å². The molecule has 0 spiro atoms. The number of hydrogen-bond acceptors (Lipinski definition) is 3. The predicted molar refractivity (Wildman–Crippen MR) is 72.1 cm³/mol. The molecular formula is C12H11ClN2O2S. The molecule has 18 heavy (non-hydrogen) atoms. The van der Waals surface area contributed by atoms with Crippen molar-refractivity contribution in [3.63, 3.8) is 0 Å². The fourth-order valence-electron chi connectivity index (χ4n) is 1.51. The van der Waals surface area contributed by atoms with Gasteiger partial charge in [0.05, 0.1) is 23.5 Å². The second kappa shape index (κ2) is 5.37. The third kappa shape index (κ3) is 2.80. The quantitative estimate of drug-likeness (QED) is 0.877. The molecule has 2 heterocycles. The molecule has 0 aliphatic rings. The average molecular weight is 283 g/mol. The van der Waals surface area contributed by atoms with E-state index >= 15 is 0 Å². The molecule has 0 radical (unpaired) electrons. The highest BCUT2D eigenvalue weighted by Crippen LogP contribution is 2.21. The number of hydrogen-bond donors (Lipinski definition) is 1. The smallest absolute Gasteiger partial charge is 0.328 e. The number of carboxylic acid groups (broad SMARTS) is 1. The van der Waals surface area contributed by atoms with E-state index in [9.17, 15) is 4.79 Å². The summed E-state index contributed by atoms with van der Waals surface area (Å²) < 4.78 is 1.80. The lowest BCUT2D eigenvalue weighted by molar-refractivity contribution is -0.131. The summed E-state index contributed by atoms with van der Waals surface area (Å²) in [5, 5.41) is 15.4. The number of carbonyl (C=O) groups is 1. The minimum absolute atomic E-state index is 0.593. The third-order valence-electron chi connectivity index (χ3n) is 2.52. The van der Waals surface area contributed by atoms with Crippen molar-refractivity contribution in [3.05, 3.63) is 44.9 Å². The van der Waals surface area contributed by atoms with Gasteiger partial charge in [-0.3, -0.25) is 4.68 Å². The number of halogens is 1. The van der Waals surface area contributed by atoms with Crippen LogP contribution in [0, 0.1) is 6.92 Å². The van der Waals surface area contributed by atoms with Gasteiger partial charge in [-0.15, -0.1) is 11.3 Å². The zero-order chi connectivity index (χ0) is 13.1. The van der Waals surface area contributed by atoms with E-state index in [1.807, 2.05) is 18.4 Å². The van der Waals surface area contributed by atoms with Crippen LogP contribution in [0.3, 0.4) is 0 Å². The van der Waals surface area contributed by atoms with E-state index in [0.29, 0.717) is 11.6 Å². The first-order valence-corrected chi connectivity index (χ1v) is 6.49. The molecule has 0 saturated heterocycles. The Bertz CT molecular complexity index is 601. The van der Waals surface area contributed by atoms with Crippen LogP contribution in [0.25, 0.3) is 6.08 Å². The van der Waals surface area contributed by atoms with Gasteiger partial charge in [-0.25, -0.2) is 4.79 Å². The topological polar surface area (TPSA) is 55.1 Å². The van der Waals surface area contributed by atoms with E-state index in [0.717, 1.165) is 22.2 Å². The molecular weight excluding hydrogens is 272 g/mol. The van der Waals surface area contributed by atoms with Gasteiger partial charge in [0, 0.05) is 11.0 Å². The van der Waals surface area contributed by atoms with Crippen molar-refractivity contribution in [2.24, 2.45) is 0 Å². The van der Waals surface area contributed by atoms with Crippen molar-refractivity contribution < 1.29 is 9.90 Å². The van der Waals surface area contributed by atoms with Crippen LogP contribution in [0.4, 0.5) is 0 Å². The molecule has 0 amide bonds. The normalized spacial score (nSPS) is 11.2. The number of rotatable bonds is 4. The monoisotopic (exact) mass is 282 g/mol. The number of nitrogens with zero attached hydrogens (tertiary/aromatic N) is 2. The van der Waals surface area contributed by atoms with Gasteiger partial charge in [0.15, 0.2) is 0 Å². The molecule has 94 valence electrons. The molecule has 0 fully saturated rings. The Kier molecular flexibility index (Phi) is 3.84. The van der Waals surface area contributed by atoms with E-state index in [4.69, 9.17) is 16.7 Å². The second-order valence-electron chi connectivity index (χ2n) is 3.71. The van der Waals surface area contributed by atoms with Crippen molar-refractivity contribution in [2.45, 2.75) is 13.5 Å². The maximum absolute atomic E-state index is 10.5. The SMILES string of the molecule is Cc1c(Cl)cnn1Cc1sccc1C=CC(=O)O. The molecule has 0 saturated carbocycles. The van der Waals surface area contributed by atoms with Crippen LogP contribution in [0.5, 0.6) is 0 Å². The Morgan fingerprint density at radius 3 is 3.06 bits per heavy atom. The van der Waals surface area contributed by atoms with Gasteiger partial charge >= 0.3 is 5.97 Å². The fourth-order valence-corrected chi connectivity index (χ4v) is 2.50. The molecule has 1 N–H and O–H groups in total. The lowest BCUT2D eigenvalue weighted by Gasteiger charge is -2.03. The Morgan fingerprint density at radius 2 is 2.44 bits per heavy atom. The summed E-state index contributed by atoms with van der Waals surface area (Å²) in [7, 11) is 0. The fraction of sp³-hybridized carbons (Fsp3) is 0.167. The summed E-state index contributed by atoms with van der Waals surface area (Å²) in [6.45, 7) is 2.49. The first-order valence-electron chi connectivity index (χ1n) is 5.23. The molecule has 6 heteroatoms. The number of carboxylic acids is 1. The minimum Gasteiger partial charge on any atom is -0.478 e. The lowest BCUT2D eigenvalue weighted by atomic mass is 10.2. The number of aromatic nitrogens is 2. The van der Waals surface area contributed by atoms with Crippen molar-refractivity contribution in [1.82, 2.24) is 9.78 Å². The van der Waals surface area contributed by atoms with Gasteiger partial charge in [0.25, 0.3) is 0 Å². The van der Waals surface area contributed by atoms with E-state index in [2.05, 4.69) is 5.10 Å². The zero-order valence-corrected chi connectivity index (χ0v) is 11.2. The van der Waals surface area contributed by atoms with Gasteiger partial charge in [-0.05, 0) is 30.0 Å². The molecule has 2 aromatic heterocycles. The molecule has 0 unspecified atom stereocenters. The standard InChI is InChI=1S/C12H11ClN2O2S/c1-8-10(13)6-14-15(8)7-11-9(4-5-18-11)2-3-12(16)17/h2-6H,7H2,1H3,(H,16,17). The van der Waals surface area contributed by atoms with Crippen LogP contribution in [0.15, 0.2) is 23.7 Å². The van der Waals surface area contributed by atoms with Crippen molar-refractivity contribution in [1.29, 1.82) is 0 Å². The molecule has 2 rings (SSSR count). The summed E-state index contributed by atoms with van der Waals surface area (Å²) in [6, 6.07) is 1.89. The third-order valence-corrected chi connectivity index (χ3v) is 3.81. The van der Waals surface area contributed by atoms with Crippen LogP contribution in [0.1, 0.15) is 16.1 Å². The molecule has 4 nitrogen and oxygen atoms in total. The lowest BCUT2D eigenvalue weighted by Crippen LogP contribution is -2.03. The second-order valence-corrected chi connectivity index (χ2v) is 5.11. The van der Waals surface area contributed by atoms with E-state index < -0.39 is 5.97 Å². The van der Waals surface area contributed by atoms with Crippen molar-refractivity contribution in [2.75, 3.05) is 0 Å². The number of thiophene rings is 1. The molecule has 0 bridgehead atoms. The summed E-state index contributed by atoms with van der Waals surface area (Å²) >= 11 is 7.51. The predicted octanol–water partition coefficient (Wildman–Crippen LogP) is 3.05. The van der Waals surface area contributed by atoms with Crippen LogP contribution < -0.4 is 0 Å². The molecule has 2 aromatic rings. The maximum Gasteiger partial charge on any atom is 0.328 e. The van der Waals surface area contributed by atoms with E-state index in [-0.39, 0.29) is 0 Å². The highest BCUT2D eigenvalue weighted by Gasteiger charge is 2.08. The molecule has 0 aliphatic heterocycles. The summed E-state index contributed by atoms with van der Waals surface area (Å²) in [5.74, 6) is -0.953. The molecule has 0 aliphatic carbocycles. The number of aliphatic carboxylic acids is 1. The Hall–Kier alpha value is -1.59. The van der Waals surface area contributed by atoms with Gasteiger partial charge in [0.1, 0.15) is 0 Å². The van der Waals surface area contributed by atoms with E-state index in [1.165, 1.54) is 0 Å². The van der Waals surface area contributed by atoms with Gasteiger partial charge in [-0.1, -0.05) is 11.6 Å². The highest BCUT2D eigenvalue weighted by atomic mass is 35.5. The van der Waals surface area contributed by atoms with Gasteiger partial charge in [-0.2, -0.15) is 5.10 Å². The van der Waals surface area contributed by atoms with Crippen LogP contribution in [-0.2, 0) is 11.3 Å². The van der Waals surface area contributed by atoms with Crippen LogP contribution >= 0.6 is 22.9 Å². The summed E-state index contributed by atoms with van der Waals surface area (Å²) in [4.78, 5) is 11.6. The summed E-state index contributed by atoms with van der Waals surface area (Å²) in [6.07, 6.45) is 4.33. The van der Waals surface area contributed by atoms with Crippen molar-refractivity contribution in [3.8, 4) is 0 Å². The highest BCUT2D eigenvalue weighted by molar-refractivity contribution is 7.10. The largest absolute Gasteiger partial charge is 0.478 e. The Labute approximate surface area is 113 Å². The minimum atomic E-state index is -0.953.